The Labute approximate surface area is 157 Å². The number of halogens is 1. The monoisotopic (exact) mass is 446 g/mol. The van der Waals surface area contributed by atoms with Crippen LogP contribution in [-0.4, -0.2) is 23.1 Å². The van der Waals surface area contributed by atoms with E-state index in [1.54, 1.807) is 24.3 Å². The molecule has 0 unspecified atom stereocenters. The maximum atomic E-state index is 12.5. The van der Waals surface area contributed by atoms with Crippen LogP contribution in [0.3, 0.4) is 0 Å². The van der Waals surface area contributed by atoms with Crippen molar-refractivity contribution >= 4 is 35.9 Å². The van der Waals surface area contributed by atoms with Crippen LogP contribution >= 0.6 is 15.9 Å². The largest absolute Gasteiger partial charge is 0.379 e. The van der Waals surface area contributed by atoms with Gasteiger partial charge in [-0.05, 0) is 57.2 Å². The van der Waals surface area contributed by atoms with Crippen molar-refractivity contribution in [1.29, 1.82) is 0 Å². The van der Waals surface area contributed by atoms with E-state index in [0.717, 1.165) is 17.9 Å². The second kappa shape index (κ2) is 6.74. The van der Waals surface area contributed by atoms with E-state index >= 15 is 0 Å². The van der Waals surface area contributed by atoms with E-state index in [9.17, 15) is 16.8 Å². The average molecular weight is 447 g/mol. The Morgan fingerprint density at radius 3 is 1.96 bits per heavy atom. The molecule has 0 fully saturated rings. The lowest BCUT2D eigenvalue weighted by molar-refractivity contribution is 0.485. The molecule has 0 saturated heterocycles. The first-order valence-corrected chi connectivity index (χ1v) is 11.4. The third kappa shape index (κ3) is 4.83. The molecule has 2 aromatic carbocycles. The van der Waals surface area contributed by atoms with Crippen molar-refractivity contribution in [3.63, 3.8) is 0 Å². The number of rotatable bonds is 4. The van der Waals surface area contributed by atoms with Crippen LogP contribution in [-0.2, 0) is 25.4 Å². The molecule has 2 rings (SSSR count). The predicted octanol–water partition coefficient (Wildman–Crippen LogP) is 3.92. The lowest BCUT2D eigenvalue weighted by Crippen LogP contribution is -2.13. The van der Waals surface area contributed by atoms with Gasteiger partial charge >= 0.3 is 10.1 Å². The van der Waals surface area contributed by atoms with Gasteiger partial charge in [0.1, 0.15) is 10.6 Å². The van der Waals surface area contributed by atoms with Crippen LogP contribution in [0.25, 0.3) is 0 Å². The minimum Gasteiger partial charge on any atom is -0.379 e. The molecule has 2 aromatic rings. The summed E-state index contributed by atoms with van der Waals surface area (Å²) in [6.45, 7) is 6.15. The molecule has 136 valence electrons. The van der Waals surface area contributed by atoms with Crippen molar-refractivity contribution in [3.05, 3.63) is 52.5 Å². The molecule has 5 nitrogen and oxygen atoms in total. The first-order chi connectivity index (χ1) is 11.3. The first-order valence-electron chi connectivity index (χ1n) is 7.35. The van der Waals surface area contributed by atoms with Gasteiger partial charge in [0.05, 0.1) is 4.90 Å². The molecule has 0 heterocycles. The highest BCUT2D eigenvalue weighted by Crippen LogP contribution is 2.29. The Morgan fingerprint density at radius 2 is 1.48 bits per heavy atom. The molecule has 0 aliphatic rings. The molecule has 0 amide bonds. The first kappa shape index (κ1) is 19.9. The van der Waals surface area contributed by atoms with E-state index in [-0.39, 0.29) is 25.4 Å². The topological polar surface area (TPSA) is 77.5 Å². The third-order valence-corrected chi connectivity index (χ3v) is 6.88. The van der Waals surface area contributed by atoms with E-state index in [1.807, 2.05) is 20.8 Å². The standard InChI is InChI=1S/C17H19BrO5S2/c1-17(2,3)12-5-7-13(8-6-12)23-25(21,22)16-11-14(24(4,19)20)9-10-15(16)18/h5-11H,1-4H3. The van der Waals surface area contributed by atoms with Gasteiger partial charge in [0.2, 0.25) is 0 Å². The molecule has 0 N–H and O–H groups in total. The minimum atomic E-state index is -4.19. The van der Waals surface area contributed by atoms with E-state index in [4.69, 9.17) is 4.18 Å². The number of sulfone groups is 1. The van der Waals surface area contributed by atoms with Crippen molar-refractivity contribution < 1.29 is 21.0 Å². The van der Waals surface area contributed by atoms with Gasteiger partial charge in [-0.3, -0.25) is 0 Å². The van der Waals surface area contributed by atoms with Crippen LogP contribution < -0.4 is 4.18 Å². The Hall–Kier alpha value is -1.38. The van der Waals surface area contributed by atoms with Crippen LogP contribution in [0.4, 0.5) is 0 Å². The van der Waals surface area contributed by atoms with Gasteiger partial charge in [0, 0.05) is 10.7 Å². The van der Waals surface area contributed by atoms with Crippen LogP contribution in [0.15, 0.2) is 56.7 Å². The zero-order valence-electron chi connectivity index (χ0n) is 14.3. The summed E-state index contributed by atoms with van der Waals surface area (Å²) in [4.78, 5) is -0.337. The van der Waals surface area contributed by atoms with Crippen LogP contribution in [0.2, 0.25) is 0 Å². The van der Waals surface area contributed by atoms with Gasteiger partial charge in [-0.25, -0.2) is 8.42 Å². The summed E-state index contributed by atoms with van der Waals surface area (Å²) in [5.74, 6) is 0.157. The lowest BCUT2D eigenvalue weighted by atomic mass is 9.87. The molecule has 0 aromatic heterocycles. The smallest absolute Gasteiger partial charge is 0.340 e. The zero-order chi connectivity index (χ0) is 19.0. The summed E-state index contributed by atoms with van der Waals surface area (Å²) in [6, 6.07) is 10.5. The van der Waals surface area contributed by atoms with Crippen molar-refractivity contribution in [2.24, 2.45) is 0 Å². The van der Waals surface area contributed by atoms with Crippen molar-refractivity contribution in [2.75, 3.05) is 6.26 Å². The normalized spacial score (nSPS) is 12.8. The van der Waals surface area contributed by atoms with Crippen molar-refractivity contribution in [3.8, 4) is 5.75 Å². The Kier molecular flexibility index (Phi) is 5.37. The van der Waals surface area contributed by atoms with E-state index in [2.05, 4.69) is 15.9 Å². The van der Waals surface area contributed by atoms with Gasteiger partial charge in [0.25, 0.3) is 0 Å². The van der Waals surface area contributed by atoms with Crippen molar-refractivity contribution in [2.45, 2.75) is 36.0 Å². The number of hydrogen-bond acceptors (Lipinski definition) is 5. The molecular weight excluding hydrogens is 428 g/mol. The maximum Gasteiger partial charge on any atom is 0.340 e. The lowest BCUT2D eigenvalue weighted by Gasteiger charge is -2.19. The quantitative estimate of drug-likeness (QED) is 0.664. The molecule has 0 radical (unpaired) electrons. The molecule has 0 spiro atoms. The molecule has 0 bridgehead atoms. The molecule has 0 atom stereocenters. The SMILES string of the molecule is CC(C)(C)c1ccc(OS(=O)(=O)c2cc(S(C)(=O)=O)ccc2Br)cc1. The second-order valence-corrected chi connectivity index (χ2v) is 11.1. The molecule has 0 saturated carbocycles. The fourth-order valence-electron chi connectivity index (χ4n) is 2.09. The molecular formula is C17H19BrO5S2. The highest BCUT2D eigenvalue weighted by atomic mass is 79.9. The minimum absolute atomic E-state index is 0.0652. The summed E-state index contributed by atoms with van der Waals surface area (Å²) in [6.07, 6.45) is 1.01. The Morgan fingerprint density at radius 1 is 0.920 bits per heavy atom. The fraction of sp³-hybridized carbons (Fsp3) is 0.294. The highest BCUT2D eigenvalue weighted by Gasteiger charge is 2.23. The maximum absolute atomic E-state index is 12.5. The molecule has 8 heteroatoms. The number of benzene rings is 2. The van der Waals surface area contributed by atoms with Gasteiger partial charge in [-0.2, -0.15) is 8.42 Å². The average Bonchev–Trinajstić information content (AvgIpc) is 2.45. The summed E-state index contributed by atoms with van der Waals surface area (Å²) in [5, 5.41) is 0. The predicted molar refractivity (Wildman–Crippen MR) is 100 cm³/mol. The second-order valence-electron chi connectivity index (χ2n) is 6.68. The Bertz CT molecular complexity index is 986. The summed E-state index contributed by atoms with van der Waals surface area (Å²) < 4.78 is 53.8. The molecule has 0 aliphatic heterocycles. The fourth-order valence-corrected chi connectivity index (χ4v) is 4.68. The number of hydrogen-bond donors (Lipinski definition) is 0. The summed E-state index contributed by atoms with van der Waals surface area (Å²) >= 11 is 3.13. The van der Waals surface area contributed by atoms with Crippen molar-refractivity contribution in [1.82, 2.24) is 0 Å². The van der Waals surface area contributed by atoms with Crippen LogP contribution in [0, 0.1) is 0 Å². The van der Waals surface area contributed by atoms with E-state index in [1.165, 1.54) is 12.1 Å². The van der Waals surface area contributed by atoms with Gasteiger partial charge in [-0.1, -0.05) is 32.9 Å². The molecule has 25 heavy (non-hydrogen) atoms. The summed E-state index contributed by atoms with van der Waals surface area (Å²) in [7, 11) is -7.72. The molecule has 0 aliphatic carbocycles. The Balaban J connectivity index is 2.40. The summed E-state index contributed by atoms with van der Waals surface area (Å²) in [5.41, 5.74) is 0.974. The van der Waals surface area contributed by atoms with Crippen LogP contribution in [0.1, 0.15) is 26.3 Å². The highest BCUT2D eigenvalue weighted by molar-refractivity contribution is 9.10. The van der Waals surface area contributed by atoms with Gasteiger partial charge in [0.15, 0.2) is 9.84 Å². The van der Waals surface area contributed by atoms with Crippen LogP contribution in [0.5, 0.6) is 5.75 Å². The van der Waals surface area contributed by atoms with E-state index < -0.39 is 20.0 Å². The van der Waals surface area contributed by atoms with E-state index in [0.29, 0.717) is 0 Å². The van der Waals surface area contributed by atoms with Gasteiger partial charge in [-0.15, -0.1) is 0 Å². The zero-order valence-corrected chi connectivity index (χ0v) is 17.5. The van der Waals surface area contributed by atoms with Gasteiger partial charge < -0.3 is 4.18 Å². The third-order valence-electron chi connectivity index (χ3n) is 3.53.